The number of aliphatic hydroxyl groups is 1. The molecule has 2 aromatic heterocycles. The number of pyridine rings is 1. The molecule has 0 atom stereocenters. The van der Waals surface area contributed by atoms with Gasteiger partial charge >= 0.3 is 5.91 Å². The second-order valence-electron chi connectivity index (χ2n) is 8.95. The topological polar surface area (TPSA) is 127 Å². The molecular weight excluding hydrogens is 422 g/mol. The van der Waals surface area contributed by atoms with Crippen molar-refractivity contribution in [3.63, 3.8) is 0 Å². The maximum Gasteiger partial charge on any atom is 0.321 e. The van der Waals surface area contributed by atoms with E-state index in [0.29, 0.717) is 48.3 Å². The van der Waals surface area contributed by atoms with E-state index in [0.717, 1.165) is 23.0 Å². The number of carbonyl (C=O) groups excluding carboxylic acids is 1. The van der Waals surface area contributed by atoms with Gasteiger partial charge in [0.25, 0.3) is 5.69 Å². The highest BCUT2D eigenvalue weighted by atomic mass is 16.5. The number of amides is 1. The molecule has 33 heavy (non-hydrogen) atoms. The molecule has 9 nitrogen and oxygen atoms in total. The molecule has 2 aliphatic rings. The first-order valence-corrected chi connectivity index (χ1v) is 11.1. The van der Waals surface area contributed by atoms with Gasteiger partial charge in [0.1, 0.15) is 5.75 Å². The zero-order valence-electron chi connectivity index (χ0n) is 18.3. The molecule has 2 N–H and O–H groups in total. The zero-order valence-corrected chi connectivity index (χ0v) is 18.3. The third-order valence-electron chi connectivity index (χ3n) is 6.66. The van der Waals surface area contributed by atoms with Crippen LogP contribution in [0.15, 0.2) is 36.5 Å². The fourth-order valence-electron chi connectivity index (χ4n) is 4.53. The van der Waals surface area contributed by atoms with Crippen LogP contribution < -0.4 is 14.8 Å². The van der Waals surface area contributed by atoms with E-state index in [1.165, 1.54) is 13.2 Å². The van der Waals surface area contributed by atoms with Crippen LogP contribution in [0.5, 0.6) is 5.75 Å². The highest BCUT2D eigenvalue weighted by Gasteiger charge is 2.34. The first-order valence-electron chi connectivity index (χ1n) is 11.1. The lowest BCUT2D eigenvalue weighted by Gasteiger charge is -2.30. The van der Waals surface area contributed by atoms with Crippen LogP contribution in [-0.2, 0) is 0 Å². The minimum Gasteiger partial charge on any atom is -0.618 e. The SMILES string of the molecule is COc1cc2nn(C3CCC(O)(C#N)CC3)cc2cc1NC(=O)c1cccc(C2CC2)[n+]1[O-]. The highest BCUT2D eigenvalue weighted by molar-refractivity contribution is 6.04. The predicted octanol–water partition coefficient (Wildman–Crippen LogP) is 3.18. The molecule has 170 valence electrons. The second-order valence-corrected chi connectivity index (χ2v) is 8.95. The van der Waals surface area contributed by atoms with E-state index in [1.807, 2.05) is 16.9 Å². The Labute approximate surface area is 190 Å². The number of anilines is 1. The minimum absolute atomic E-state index is 0.0458. The lowest BCUT2D eigenvalue weighted by Crippen LogP contribution is -2.40. The number of ether oxygens (including phenoxy) is 1. The Bertz CT molecular complexity index is 1270. The van der Waals surface area contributed by atoms with Crippen molar-refractivity contribution in [1.29, 1.82) is 5.26 Å². The van der Waals surface area contributed by atoms with Gasteiger partial charge in [-0.1, -0.05) is 0 Å². The fraction of sp³-hybridized carbons (Fsp3) is 0.417. The molecular formula is C24H25N5O4. The third-order valence-corrected chi connectivity index (χ3v) is 6.66. The van der Waals surface area contributed by atoms with Crippen LogP contribution in [0.1, 0.15) is 66.7 Å². The average molecular weight is 447 g/mol. The molecule has 0 aliphatic heterocycles. The van der Waals surface area contributed by atoms with Gasteiger partial charge in [-0.2, -0.15) is 15.1 Å². The molecule has 2 saturated carbocycles. The van der Waals surface area contributed by atoms with Crippen molar-refractivity contribution in [3.05, 3.63) is 53.1 Å². The Morgan fingerprint density at radius 1 is 1.33 bits per heavy atom. The first-order chi connectivity index (χ1) is 15.9. The summed E-state index contributed by atoms with van der Waals surface area (Å²) in [6.07, 6.45) is 5.96. The summed E-state index contributed by atoms with van der Waals surface area (Å²) < 4.78 is 8.05. The number of nitriles is 1. The van der Waals surface area contributed by atoms with Crippen LogP contribution in [0.4, 0.5) is 5.69 Å². The van der Waals surface area contributed by atoms with Crippen molar-refractivity contribution >= 4 is 22.5 Å². The van der Waals surface area contributed by atoms with E-state index in [2.05, 4.69) is 10.4 Å². The Morgan fingerprint density at radius 3 is 2.76 bits per heavy atom. The molecule has 0 radical (unpaired) electrons. The quantitative estimate of drug-likeness (QED) is 0.351. The summed E-state index contributed by atoms with van der Waals surface area (Å²) in [5.41, 5.74) is 0.583. The molecule has 0 unspecified atom stereocenters. The van der Waals surface area contributed by atoms with Crippen LogP contribution in [-0.4, -0.2) is 33.5 Å². The van der Waals surface area contributed by atoms with E-state index in [-0.39, 0.29) is 17.7 Å². The number of hydrogen-bond acceptors (Lipinski definition) is 6. The summed E-state index contributed by atoms with van der Waals surface area (Å²) in [4.78, 5) is 12.9. The minimum atomic E-state index is -1.25. The van der Waals surface area contributed by atoms with Gasteiger partial charge in [0.05, 0.1) is 30.4 Å². The lowest BCUT2D eigenvalue weighted by molar-refractivity contribution is -0.616. The van der Waals surface area contributed by atoms with Gasteiger partial charge in [-0.25, -0.2) is 0 Å². The molecule has 1 aromatic carbocycles. The number of methoxy groups -OCH3 is 1. The van der Waals surface area contributed by atoms with E-state index in [9.17, 15) is 15.1 Å². The Hall–Kier alpha value is -3.64. The van der Waals surface area contributed by atoms with Crippen molar-refractivity contribution in [2.45, 2.75) is 56.1 Å². The van der Waals surface area contributed by atoms with Crippen molar-refractivity contribution in [1.82, 2.24) is 9.78 Å². The number of nitrogens with one attached hydrogen (secondary N) is 1. The number of benzene rings is 1. The van der Waals surface area contributed by atoms with Crippen molar-refractivity contribution < 1.29 is 19.4 Å². The summed E-state index contributed by atoms with van der Waals surface area (Å²) in [6.45, 7) is 0. The van der Waals surface area contributed by atoms with Crippen LogP contribution >= 0.6 is 0 Å². The van der Waals surface area contributed by atoms with Crippen molar-refractivity contribution in [2.24, 2.45) is 0 Å². The molecule has 1 amide bonds. The largest absolute Gasteiger partial charge is 0.618 e. The van der Waals surface area contributed by atoms with Crippen LogP contribution in [0.25, 0.3) is 10.9 Å². The fourth-order valence-corrected chi connectivity index (χ4v) is 4.53. The molecule has 2 fully saturated rings. The molecule has 2 heterocycles. The van der Waals surface area contributed by atoms with E-state index in [1.54, 1.807) is 24.3 Å². The molecule has 0 spiro atoms. The van der Waals surface area contributed by atoms with Crippen molar-refractivity contribution in [2.75, 3.05) is 12.4 Å². The van der Waals surface area contributed by atoms with Crippen LogP contribution in [0, 0.1) is 16.5 Å². The lowest BCUT2D eigenvalue weighted by atomic mass is 9.83. The number of aromatic nitrogens is 3. The number of nitrogens with zero attached hydrogens (tertiary/aromatic N) is 4. The van der Waals surface area contributed by atoms with Gasteiger partial charge in [-0.05, 0) is 50.7 Å². The molecule has 0 bridgehead atoms. The Kier molecular flexibility index (Phi) is 5.17. The Morgan fingerprint density at radius 2 is 2.09 bits per heavy atom. The maximum absolute atomic E-state index is 12.9. The normalized spacial score (nSPS) is 22.6. The number of carbonyl (C=O) groups is 1. The van der Waals surface area contributed by atoms with Gasteiger partial charge in [0.15, 0.2) is 11.3 Å². The van der Waals surface area contributed by atoms with Crippen LogP contribution in [0.3, 0.4) is 0 Å². The molecule has 2 aliphatic carbocycles. The second kappa shape index (κ2) is 8.05. The molecule has 9 heteroatoms. The van der Waals surface area contributed by atoms with Gasteiger partial charge in [-0.15, -0.1) is 0 Å². The van der Waals surface area contributed by atoms with Gasteiger partial charge in [0.2, 0.25) is 0 Å². The smallest absolute Gasteiger partial charge is 0.321 e. The number of hydrogen-bond donors (Lipinski definition) is 2. The summed E-state index contributed by atoms with van der Waals surface area (Å²) in [5, 5.41) is 40.3. The van der Waals surface area contributed by atoms with Gasteiger partial charge < -0.3 is 20.4 Å². The van der Waals surface area contributed by atoms with Gasteiger partial charge in [0, 0.05) is 35.7 Å². The molecule has 5 rings (SSSR count). The number of rotatable bonds is 5. The summed E-state index contributed by atoms with van der Waals surface area (Å²) in [6, 6.07) is 10.6. The Balaban J connectivity index is 1.40. The van der Waals surface area contributed by atoms with E-state index >= 15 is 0 Å². The van der Waals surface area contributed by atoms with E-state index < -0.39 is 11.5 Å². The van der Waals surface area contributed by atoms with Crippen LogP contribution in [0.2, 0.25) is 0 Å². The summed E-state index contributed by atoms with van der Waals surface area (Å²) in [5.74, 6) is 0.177. The average Bonchev–Trinajstić information content (AvgIpc) is 3.58. The highest BCUT2D eigenvalue weighted by Crippen LogP contribution is 2.38. The predicted molar refractivity (Wildman–Crippen MR) is 120 cm³/mol. The van der Waals surface area contributed by atoms with Gasteiger partial charge in [-0.3, -0.25) is 9.48 Å². The summed E-state index contributed by atoms with van der Waals surface area (Å²) in [7, 11) is 1.51. The molecule has 0 saturated heterocycles. The van der Waals surface area contributed by atoms with E-state index in [4.69, 9.17) is 10.00 Å². The maximum atomic E-state index is 12.9. The monoisotopic (exact) mass is 447 g/mol. The molecule has 3 aromatic rings. The third kappa shape index (κ3) is 3.98. The zero-order chi connectivity index (χ0) is 23.2. The summed E-state index contributed by atoms with van der Waals surface area (Å²) >= 11 is 0. The first kappa shape index (κ1) is 21.2. The number of fused-ring (bicyclic) bond motifs is 1. The standard InChI is InChI=1S/C24H25N5O4/c1-33-22-12-18-16(13-28(27-18)17-7-9-24(31,14-25)10-8-17)11-19(22)26-23(30)21-4-2-3-20(29(21)32)15-5-6-15/h2-4,11-13,15,17,31H,5-10H2,1H3,(H,26,30). The van der Waals surface area contributed by atoms with Crippen molar-refractivity contribution in [3.8, 4) is 11.8 Å².